The molecule has 4 aromatic rings. The molecule has 12 nitrogen and oxygen atoms in total. The second-order valence-electron chi connectivity index (χ2n) is 14.6. The van der Waals surface area contributed by atoms with Crippen molar-refractivity contribution in [3.63, 3.8) is 0 Å². The number of aromatic nitrogens is 4. The zero-order valence-corrected chi connectivity index (χ0v) is 31.0. The van der Waals surface area contributed by atoms with Gasteiger partial charge in [0.1, 0.15) is 36.0 Å². The summed E-state index contributed by atoms with van der Waals surface area (Å²) in [6, 6.07) is 10.6. The number of fused-ring (bicyclic) bond motifs is 2. The Morgan fingerprint density at radius 3 is 1.68 bits per heavy atom. The van der Waals surface area contributed by atoms with E-state index >= 15 is 0 Å². The van der Waals surface area contributed by atoms with Crippen LogP contribution in [0.1, 0.15) is 82.8 Å². The molecule has 0 aliphatic rings. The standard InChI is InChI=1S/C38H51N5O7/c1-23(2)15-16-41(32(44)19-42-30-17-26(48-9)11-13-28(30)34(39-42)36(46)24(3)4)21-38(7,8)22-50-33(45)20-43-31-18-27(49-10)12-14-29(31)35(40-43)37(47)25(5)6/h11-14,17-18,23-25H,15-16,19-22H2,1-10H3. The van der Waals surface area contributed by atoms with Gasteiger partial charge in [-0.25, -0.2) is 0 Å². The third kappa shape index (κ3) is 8.88. The molecule has 270 valence electrons. The lowest BCUT2D eigenvalue weighted by molar-refractivity contribution is -0.148. The van der Waals surface area contributed by atoms with E-state index < -0.39 is 11.4 Å². The smallest absolute Gasteiger partial charge is 0.327 e. The summed E-state index contributed by atoms with van der Waals surface area (Å²) >= 11 is 0. The average molecular weight is 690 g/mol. The van der Waals surface area contributed by atoms with Gasteiger partial charge in [0, 0.05) is 53.2 Å². The largest absolute Gasteiger partial charge is 0.497 e. The number of benzene rings is 2. The number of hydrogen-bond donors (Lipinski definition) is 0. The lowest BCUT2D eigenvalue weighted by Crippen LogP contribution is -2.43. The molecule has 0 fully saturated rings. The number of ether oxygens (including phenoxy) is 3. The lowest BCUT2D eigenvalue weighted by atomic mass is 9.93. The number of ketones is 2. The highest BCUT2D eigenvalue weighted by atomic mass is 16.5. The molecule has 1 amide bonds. The third-order valence-electron chi connectivity index (χ3n) is 8.57. The minimum atomic E-state index is -0.607. The van der Waals surface area contributed by atoms with Gasteiger partial charge >= 0.3 is 5.97 Å². The van der Waals surface area contributed by atoms with Crippen molar-refractivity contribution < 1.29 is 33.4 Å². The van der Waals surface area contributed by atoms with Crippen LogP contribution >= 0.6 is 0 Å². The Labute approximate surface area is 294 Å². The highest BCUT2D eigenvalue weighted by Crippen LogP contribution is 2.28. The summed E-state index contributed by atoms with van der Waals surface area (Å²) in [5.74, 6) is 0.0919. The Morgan fingerprint density at radius 2 is 1.24 bits per heavy atom. The van der Waals surface area contributed by atoms with E-state index in [2.05, 4.69) is 24.0 Å². The zero-order valence-electron chi connectivity index (χ0n) is 31.0. The van der Waals surface area contributed by atoms with Crippen molar-refractivity contribution >= 4 is 45.2 Å². The van der Waals surface area contributed by atoms with Crippen molar-refractivity contribution in [2.45, 2.75) is 74.9 Å². The number of Topliss-reactive ketones (excluding diaryl/α,β-unsaturated/α-hetero) is 2. The summed E-state index contributed by atoms with van der Waals surface area (Å²) in [5, 5.41) is 10.4. The van der Waals surface area contributed by atoms with E-state index in [1.165, 1.54) is 4.68 Å². The van der Waals surface area contributed by atoms with Gasteiger partial charge in [0.05, 0.1) is 31.9 Å². The van der Waals surface area contributed by atoms with E-state index in [1.54, 1.807) is 60.2 Å². The molecule has 2 heterocycles. The van der Waals surface area contributed by atoms with E-state index in [-0.39, 0.29) is 49.0 Å². The van der Waals surface area contributed by atoms with Crippen LogP contribution in [0, 0.1) is 23.2 Å². The molecule has 0 saturated carbocycles. The van der Waals surface area contributed by atoms with Crippen LogP contribution in [0.4, 0.5) is 0 Å². The molecule has 0 unspecified atom stereocenters. The van der Waals surface area contributed by atoms with Crippen LogP contribution in [-0.4, -0.2) is 81.8 Å². The Bertz CT molecular complexity index is 1870. The second-order valence-corrected chi connectivity index (χ2v) is 14.6. The van der Waals surface area contributed by atoms with Crippen molar-refractivity contribution in [3.8, 4) is 11.5 Å². The van der Waals surface area contributed by atoms with Crippen LogP contribution in [-0.2, 0) is 27.4 Å². The maximum absolute atomic E-state index is 14.0. The van der Waals surface area contributed by atoms with Crippen LogP contribution in [0.25, 0.3) is 21.8 Å². The van der Waals surface area contributed by atoms with Crippen LogP contribution in [0.3, 0.4) is 0 Å². The first kappa shape index (κ1) is 38.1. The maximum atomic E-state index is 14.0. The van der Waals surface area contributed by atoms with Crippen LogP contribution in [0.15, 0.2) is 36.4 Å². The number of carbonyl (C=O) groups excluding carboxylic acids is 4. The normalized spacial score (nSPS) is 11.9. The van der Waals surface area contributed by atoms with Gasteiger partial charge < -0.3 is 19.1 Å². The van der Waals surface area contributed by atoms with Gasteiger partial charge in [0.25, 0.3) is 0 Å². The highest BCUT2D eigenvalue weighted by Gasteiger charge is 2.29. The molecule has 2 aromatic heterocycles. The minimum absolute atomic E-state index is 0.0481. The Balaban J connectivity index is 1.52. The molecule has 0 aliphatic heterocycles. The van der Waals surface area contributed by atoms with Crippen molar-refractivity contribution in [1.29, 1.82) is 0 Å². The fraction of sp³-hybridized carbons (Fsp3) is 0.526. The van der Waals surface area contributed by atoms with Gasteiger partial charge in [-0.1, -0.05) is 55.4 Å². The number of hydrogen-bond acceptors (Lipinski definition) is 9. The second kappa shape index (κ2) is 15.9. The number of methoxy groups -OCH3 is 2. The predicted molar refractivity (Wildman–Crippen MR) is 192 cm³/mol. The van der Waals surface area contributed by atoms with Crippen LogP contribution in [0.5, 0.6) is 11.5 Å². The van der Waals surface area contributed by atoms with Crippen LogP contribution in [0.2, 0.25) is 0 Å². The quantitative estimate of drug-likeness (QED) is 0.0935. The lowest BCUT2D eigenvalue weighted by Gasteiger charge is -2.33. The van der Waals surface area contributed by atoms with E-state index in [0.717, 1.165) is 6.42 Å². The molecule has 12 heteroatoms. The summed E-state index contributed by atoms with van der Waals surface area (Å²) < 4.78 is 19.6. The molecule has 4 rings (SSSR count). The topological polar surface area (TPSA) is 135 Å². The van der Waals surface area contributed by atoms with E-state index in [4.69, 9.17) is 14.2 Å². The first-order valence-electron chi connectivity index (χ1n) is 17.2. The fourth-order valence-electron chi connectivity index (χ4n) is 5.65. The molecular formula is C38H51N5O7. The molecular weight excluding hydrogens is 638 g/mol. The first-order valence-corrected chi connectivity index (χ1v) is 17.2. The SMILES string of the molecule is COc1ccc2c(C(=O)C(C)C)nn(CC(=O)OCC(C)(C)CN(CCC(C)C)C(=O)Cn3nc(C(=O)C(C)C)c4ccc(OC)cc43)c2c1. The molecule has 0 atom stereocenters. The van der Waals surface area contributed by atoms with Gasteiger partial charge in [-0.3, -0.25) is 28.5 Å². The van der Waals surface area contributed by atoms with Crippen molar-refractivity contribution in [2.24, 2.45) is 23.2 Å². The maximum Gasteiger partial charge on any atom is 0.327 e. The molecule has 2 aromatic carbocycles. The third-order valence-corrected chi connectivity index (χ3v) is 8.57. The summed E-state index contributed by atoms with van der Waals surface area (Å²) in [7, 11) is 3.11. The van der Waals surface area contributed by atoms with Crippen molar-refractivity contribution in [3.05, 3.63) is 47.8 Å². The molecule has 50 heavy (non-hydrogen) atoms. The summed E-state index contributed by atoms with van der Waals surface area (Å²) in [6.07, 6.45) is 0.777. The van der Waals surface area contributed by atoms with Gasteiger partial charge in [0.2, 0.25) is 5.91 Å². The van der Waals surface area contributed by atoms with Gasteiger partial charge in [0.15, 0.2) is 11.6 Å². The molecule has 0 aliphatic carbocycles. The van der Waals surface area contributed by atoms with Crippen molar-refractivity contribution in [2.75, 3.05) is 33.9 Å². The zero-order chi connectivity index (χ0) is 36.9. The summed E-state index contributed by atoms with van der Waals surface area (Å²) in [6.45, 7) is 15.9. The monoisotopic (exact) mass is 689 g/mol. The first-order chi connectivity index (χ1) is 23.5. The minimum Gasteiger partial charge on any atom is -0.497 e. The molecule has 0 spiro atoms. The Hall–Kier alpha value is -4.74. The fourth-order valence-corrected chi connectivity index (χ4v) is 5.65. The molecule has 0 bridgehead atoms. The van der Waals surface area contributed by atoms with Crippen molar-refractivity contribution in [1.82, 2.24) is 24.5 Å². The van der Waals surface area contributed by atoms with E-state index in [0.29, 0.717) is 63.7 Å². The number of nitrogens with zero attached hydrogens (tertiary/aromatic N) is 5. The average Bonchev–Trinajstić information content (AvgIpc) is 3.61. The van der Waals surface area contributed by atoms with Gasteiger partial charge in [-0.05, 0) is 36.6 Å². The number of rotatable bonds is 17. The van der Waals surface area contributed by atoms with Gasteiger partial charge in [-0.15, -0.1) is 0 Å². The Kier molecular flexibility index (Phi) is 12.1. The molecule has 0 N–H and O–H groups in total. The molecule has 0 saturated heterocycles. The summed E-state index contributed by atoms with van der Waals surface area (Å²) in [5.41, 5.74) is 1.26. The van der Waals surface area contributed by atoms with E-state index in [9.17, 15) is 19.2 Å². The Morgan fingerprint density at radius 1 is 0.760 bits per heavy atom. The predicted octanol–water partition coefficient (Wildman–Crippen LogP) is 6.22. The summed E-state index contributed by atoms with van der Waals surface area (Å²) in [4.78, 5) is 54.9. The van der Waals surface area contributed by atoms with Crippen LogP contribution < -0.4 is 9.47 Å². The number of amides is 1. The van der Waals surface area contributed by atoms with Gasteiger partial charge in [-0.2, -0.15) is 10.2 Å². The highest BCUT2D eigenvalue weighted by molar-refractivity contribution is 6.08. The van der Waals surface area contributed by atoms with E-state index in [1.807, 2.05) is 41.5 Å². The number of esters is 1. The number of carbonyl (C=O) groups is 4. The molecule has 0 radical (unpaired) electrons.